The fraction of sp³-hybridized carbons (Fsp3) is 0.333. The number of fused-ring (bicyclic) bond motifs is 1. The fourth-order valence-corrected chi connectivity index (χ4v) is 2.75. The van der Waals surface area contributed by atoms with Crippen molar-refractivity contribution in [2.45, 2.75) is 26.1 Å². The van der Waals surface area contributed by atoms with E-state index in [2.05, 4.69) is 10.2 Å². The molecule has 1 amide bonds. The molecule has 1 aliphatic heterocycles. The SMILES string of the molecule is Cc1nnc2n1CC(C(=O)O)N(C(=O)COc1cccc(Cl)c1)C2. The number of halogens is 1. The van der Waals surface area contributed by atoms with Gasteiger partial charge in [-0.2, -0.15) is 0 Å². The minimum absolute atomic E-state index is 0.0789. The van der Waals surface area contributed by atoms with Crippen LogP contribution in [-0.2, 0) is 22.7 Å². The molecule has 1 aromatic heterocycles. The van der Waals surface area contributed by atoms with Gasteiger partial charge in [0, 0.05) is 5.02 Å². The number of carboxylic acid groups (broad SMARTS) is 1. The van der Waals surface area contributed by atoms with Gasteiger partial charge in [0.1, 0.15) is 17.6 Å². The van der Waals surface area contributed by atoms with E-state index >= 15 is 0 Å². The van der Waals surface area contributed by atoms with Gasteiger partial charge in [-0.15, -0.1) is 10.2 Å². The molecule has 9 heteroatoms. The lowest BCUT2D eigenvalue weighted by Gasteiger charge is -2.33. The summed E-state index contributed by atoms with van der Waals surface area (Å²) in [7, 11) is 0. The van der Waals surface area contributed by atoms with Crippen LogP contribution in [0, 0.1) is 6.92 Å². The van der Waals surface area contributed by atoms with Crippen molar-refractivity contribution >= 4 is 23.5 Å². The lowest BCUT2D eigenvalue weighted by molar-refractivity contribution is -0.153. The van der Waals surface area contributed by atoms with Crippen molar-refractivity contribution in [2.75, 3.05) is 6.61 Å². The molecule has 1 N–H and O–H groups in total. The summed E-state index contributed by atoms with van der Waals surface area (Å²) in [5.41, 5.74) is 0. The van der Waals surface area contributed by atoms with Crippen LogP contribution in [0.1, 0.15) is 11.6 Å². The van der Waals surface area contributed by atoms with Gasteiger partial charge in [0.25, 0.3) is 5.91 Å². The maximum Gasteiger partial charge on any atom is 0.328 e. The number of rotatable bonds is 4. The average Bonchev–Trinajstić information content (AvgIpc) is 2.92. The Balaban J connectivity index is 1.74. The first-order valence-corrected chi connectivity index (χ1v) is 7.63. The highest BCUT2D eigenvalue weighted by atomic mass is 35.5. The molecule has 0 saturated carbocycles. The third-order valence-electron chi connectivity index (χ3n) is 3.82. The molecule has 0 radical (unpaired) electrons. The minimum atomic E-state index is -1.08. The van der Waals surface area contributed by atoms with Crippen LogP contribution in [0.2, 0.25) is 5.02 Å². The van der Waals surface area contributed by atoms with Crippen molar-refractivity contribution < 1.29 is 19.4 Å². The molecule has 2 aromatic rings. The Hall–Kier alpha value is -2.61. The van der Waals surface area contributed by atoms with E-state index in [-0.39, 0.29) is 19.7 Å². The normalized spacial score (nSPS) is 16.6. The highest BCUT2D eigenvalue weighted by molar-refractivity contribution is 6.30. The minimum Gasteiger partial charge on any atom is -0.484 e. The predicted molar refractivity (Wildman–Crippen MR) is 83.7 cm³/mol. The number of carboxylic acids is 1. The first-order valence-electron chi connectivity index (χ1n) is 7.25. The Kier molecular flexibility index (Phi) is 4.39. The van der Waals surface area contributed by atoms with Crippen LogP contribution in [0.25, 0.3) is 0 Å². The van der Waals surface area contributed by atoms with Crippen LogP contribution in [-0.4, -0.2) is 49.3 Å². The van der Waals surface area contributed by atoms with Gasteiger partial charge < -0.3 is 19.3 Å². The Labute approximate surface area is 142 Å². The number of aromatic nitrogens is 3. The van der Waals surface area contributed by atoms with Crippen LogP contribution in [0.3, 0.4) is 0 Å². The molecule has 24 heavy (non-hydrogen) atoms. The van der Waals surface area contributed by atoms with Crippen molar-refractivity contribution in [3.8, 4) is 5.75 Å². The zero-order valence-corrected chi connectivity index (χ0v) is 13.6. The number of carbonyl (C=O) groups is 2. The van der Waals surface area contributed by atoms with Gasteiger partial charge in [-0.25, -0.2) is 4.79 Å². The van der Waals surface area contributed by atoms with Crippen LogP contribution in [0.4, 0.5) is 0 Å². The molecule has 1 atom stereocenters. The summed E-state index contributed by atoms with van der Waals surface area (Å²) in [4.78, 5) is 25.2. The summed E-state index contributed by atoms with van der Waals surface area (Å²) in [6.45, 7) is 1.66. The van der Waals surface area contributed by atoms with Gasteiger partial charge in [-0.3, -0.25) is 4.79 Å². The summed E-state index contributed by atoms with van der Waals surface area (Å²) in [6.07, 6.45) is 0. The van der Waals surface area contributed by atoms with Crippen molar-refractivity contribution in [1.29, 1.82) is 0 Å². The number of carbonyl (C=O) groups excluding carboxylic acids is 1. The summed E-state index contributed by atoms with van der Waals surface area (Å²) in [5, 5.41) is 17.8. The molecular weight excluding hydrogens is 336 g/mol. The number of nitrogens with zero attached hydrogens (tertiary/aromatic N) is 4. The fourth-order valence-electron chi connectivity index (χ4n) is 2.57. The Morgan fingerprint density at radius 3 is 2.92 bits per heavy atom. The second kappa shape index (κ2) is 6.48. The average molecular weight is 351 g/mol. The molecule has 3 rings (SSSR count). The lowest BCUT2D eigenvalue weighted by Crippen LogP contribution is -2.52. The molecule has 0 saturated heterocycles. The number of ether oxygens (including phenoxy) is 1. The number of benzene rings is 1. The summed E-state index contributed by atoms with van der Waals surface area (Å²) in [6, 6.07) is 5.66. The van der Waals surface area contributed by atoms with Crippen LogP contribution in [0.15, 0.2) is 24.3 Å². The van der Waals surface area contributed by atoms with E-state index < -0.39 is 17.9 Å². The molecule has 126 valence electrons. The largest absolute Gasteiger partial charge is 0.484 e. The number of hydrogen-bond acceptors (Lipinski definition) is 5. The summed E-state index contributed by atoms with van der Waals surface area (Å²) >= 11 is 5.86. The van der Waals surface area contributed by atoms with Gasteiger partial charge in [0.15, 0.2) is 12.4 Å². The first-order chi connectivity index (χ1) is 11.5. The third-order valence-corrected chi connectivity index (χ3v) is 4.05. The molecular formula is C15H15ClN4O4. The Bertz CT molecular complexity index is 792. The van der Waals surface area contributed by atoms with E-state index in [9.17, 15) is 14.7 Å². The van der Waals surface area contributed by atoms with Crippen molar-refractivity contribution in [1.82, 2.24) is 19.7 Å². The van der Waals surface area contributed by atoms with Gasteiger partial charge in [-0.05, 0) is 25.1 Å². The van der Waals surface area contributed by atoms with Crippen LogP contribution in [0.5, 0.6) is 5.75 Å². The monoisotopic (exact) mass is 350 g/mol. The standard InChI is InChI=1S/C15H15ClN4O4/c1-9-17-18-13-7-20(12(15(22)23)6-19(9)13)14(21)8-24-11-4-2-3-10(16)5-11/h2-5,12H,6-8H2,1H3,(H,22,23). The maximum atomic E-state index is 12.4. The van der Waals surface area contributed by atoms with Gasteiger partial charge in [-0.1, -0.05) is 17.7 Å². The van der Waals surface area contributed by atoms with E-state index in [1.54, 1.807) is 35.8 Å². The zero-order chi connectivity index (χ0) is 17.3. The second-order valence-corrected chi connectivity index (χ2v) is 5.83. The van der Waals surface area contributed by atoms with Gasteiger partial charge >= 0.3 is 5.97 Å². The molecule has 8 nitrogen and oxygen atoms in total. The zero-order valence-electron chi connectivity index (χ0n) is 12.8. The van der Waals surface area contributed by atoms with Crippen molar-refractivity contribution in [2.24, 2.45) is 0 Å². The molecule has 0 bridgehead atoms. The number of hydrogen-bond donors (Lipinski definition) is 1. The molecule has 0 aliphatic carbocycles. The van der Waals surface area contributed by atoms with Gasteiger partial charge in [0.05, 0.1) is 13.1 Å². The molecule has 1 unspecified atom stereocenters. The first kappa shape index (κ1) is 16.3. The highest BCUT2D eigenvalue weighted by Gasteiger charge is 2.36. The highest BCUT2D eigenvalue weighted by Crippen LogP contribution is 2.20. The lowest BCUT2D eigenvalue weighted by atomic mass is 10.2. The molecule has 0 spiro atoms. The molecule has 1 aromatic carbocycles. The number of aryl methyl sites for hydroxylation is 1. The summed E-state index contributed by atoms with van der Waals surface area (Å²) < 4.78 is 7.12. The van der Waals surface area contributed by atoms with Gasteiger partial charge in [0.2, 0.25) is 0 Å². The quantitative estimate of drug-likeness (QED) is 0.887. The van der Waals surface area contributed by atoms with Crippen LogP contribution < -0.4 is 4.74 Å². The van der Waals surface area contributed by atoms with Crippen LogP contribution >= 0.6 is 11.6 Å². The smallest absolute Gasteiger partial charge is 0.328 e. The Morgan fingerprint density at radius 2 is 2.21 bits per heavy atom. The second-order valence-electron chi connectivity index (χ2n) is 5.40. The molecule has 0 fully saturated rings. The molecule has 2 heterocycles. The van der Waals surface area contributed by atoms with Crippen molar-refractivity contribution in [3.63, 3.8) is 0 Å². The van der Waals surface area contributed by atoms with E-state index in [1.807, 2.05) is 0 Å². The van der Waals surface area contributed by atoms with E-state index in [1.165, 1.54) is 4.90 Å². The number of amides is 1. The van der Waals surface area contributed by atoms with E-state index in [0.29, 0.717) is 22.4 Å². The Morgan fingerprint density at radius 1 is 1.42 bits per heavy atom. The van der Waals surface area contributed by atoms with E-state index in [0.717, 1.165) is 0 Å². The third kappa shape index (κ3) is 3.18. The summed E-state index contributed by atoms with van der Waals surface area (Å²) in [5.74, 6) is 0.109. The maximum absolute atomic E-state index is 12.4. The van der Waals surface area contributed by atoms with E-state index in [4.69, 9.17) is 16.3 Å². The number of aliphatic carboxylic acids is 1. The van der Waals surface area contributed by atoms with Crippen molar-refractivity contribution in [3.05, 3.63) is 40.9 Å². The topological polar surface area (TPSA) is 97.5 Å². The molecule has 1 aliphatic rings. The predicted octanol–water partition coefficient (Wildman–Crippen LogP) is 1.11.